The van der Waals surface area contributed by atoms with Crippen LogP contribution >= 0.6 is 0 Å². The highest BCUT2D eigenvalue weighted by atomic mass is 16.2. The summed E-state index contributed by atoms with van der Waals surface area (Å²) >= 11 is 0. The Bertz CT molecular complexity index is 199. The standard InChI is InChI=1S/C9H16N2O2.C2H6/c1-3-8(7-10)11(2)9(13)5-4-6-12;1-2/h4-6,8H,3,7,10H2,1-2H3;1-2H3/b5-4-;. The van der Waals surface area contributed by atoms with Crippen molar-refractivity contribution in [3.8, 4) is 0 Å². The molecule has 4 nitrogen and oxygen atoms in total. The fourth-order valence-corrected chi connectivity index (χ4v) is 1.02. The van der Waals surface area contributed by atoms with Gasteiger partial charge in [-0.15, -0.1) is 0 Å². The average molecular weight is 214 g/mol. The molecular weight excluding hydrogens is 192 g/mol. The van der Waals surface area contributed by atoms with Crippen LogP contribution in [-0.4, -0.2) is 36.7 Å². The summed E-state index contributed by atoms with van der Waals surface area (Å²) in [5.74, 6) is -0.190. The molecule has 0 saturated heterocycles. The number of amides is 1. The van der Waals surface area contributed by atoms with Crippen molar-refractivity contribution in [3.05, 3.63) is 12.2 Å². The van der Waals surface area contributed by atoms with Gasteiger partial charge in [0.15, 0.2) is 0 Å². The number of rotatable bonds is 5. The van der Waals surface area contributed by atoms with Crippen LogP contribution in [0.2, 0.25) is 0 Å². The first-order valence-corrected chi connectivity index (χ1v) is 5.26. The molecule has 1 unspecified atom stereocenters. The number of aldehydes is 1. The number of nitrogens with two attached hydrogens (primary N) is 1. The number of carbonyl (C=O) groups excluding carboxylic acids is 2. The number of allylic oxidation sites excluding steroid dienone is 1. The monoisotopic (exact) mass is 214 g/mol. The molecule has 0 fully saturated rings. The molecular formula is C11H22N2O2. The lowest BCUT2D eigenvalue weighted by molar-refractivity contribution is -0.126. The predicted octanol–water partition coefficient (Wildman–Crippen LogP) is 0.963. The predicted molar refractivity (Wildman–Crippen MR) is 62.5 cm³/mol. The van der Waals surface area contributed by atoms with Gasteiger partial charge < -0.3 is 10.6 Å². The van der Waals surface area contributed by atoms with E-state index in [9.17, 15) is 9.59 Å². The minimum Gasteiger partial charge on any atom is -0.338 e. The van der Waals surface area contributed by atoms with Gasteiger partial charge in [-0.1, -0.05) is 20.8 Å². The molecule has 0 saturated carbocycles. The lowest BCUT2D eigenvalue weighted by Gasteiger charge is -2.24. The van der Waals surface area contributed by atoms with Gasteiger partial charge in [0, 0.05) is 25.7 Å². The van der Waals surface area contributed by atoms with Crippen molar-refractivity contribution >= 4 is 12.2 Å². The Hall–Kier alpha value is -1.16. The van der Waals surface area contributed by atoms with Gasteiger partial charge >= 0.3 is 0 Å². The summed E-state index contributed by atoms with van der Waals surface area (Å²) in [6.45, 7) is 6.40. The maximum atomic E-state index is 11.3. The van der Waals surface area contributed by atoms with Crippen LogP contribution in [-0.2, 0) is 9.59 Å². The van der Waals surface area contributed by atoms with Crippen LogP contribution in [0.5, 0.6) is 0 Å². The van der Waals surface area contributed by atoms with E-state index in [-0.39, 0.29) is 11.9 Å². The van der Waals surface area contributed by atoms with Crippen LogP contribution in [0, 0.1) is 0 Å². The van der Waals surface area contributed by atoms with Gasteiger partial charge in [-0.3, -0.25) is 9.59 Å². The molecule has 0 aliphatic heterocycles. The number of hydrogen-bond donors (Lipinski definition) is 1. The second-order valence-corrected chi connectivity index (χ2v) is 2.74. The van der Waals surface area contributed by atoms with Crippen molar-refractivity contribution in [1.82, 2.24) is 4.90 Å². The minimum atomic E-state index is -0.190. The molecule has 0 spiro atoms. The van der Waals surface area contributed by atoms with Crippen LogP contribution in [0.25, 0.3) is 0 Å². The second kappa shape index (κ2) is 10.9. The van der Waals surface area contributed by atoms with Gasteiger partial charge in [-0.2, -0.15) is 0 Å². The highest BCUT2D eigenvalue weighted by Crippen LogP contribution is 2.00. The van der Waals surface area contributed by atoms with E-state index in [4.69, 9.17) is 5.73 Å². The summed E-state index contributed by atoms with van der Waals surface area (Å²) in [5.41, 5.74) is 5.46. The van der Waals surface area contributed by atoms with E-state index in [0.717, 1.165) is 6.42 Å². The van der Waals surface area contributed by atoms with Crippen LogP contribution in [0.1, 0.15) is 27.2 Å². The molecule has 0 radical (unpaired) electrons. The van der Waals surface area contributed by atoms with E-state index in [2.05, 4.69) is 0 Å². The third-order valence-corrected chi connectivity index (χ3v) is 1.96. The zero-order valence-electron chi connectivity index (χ0n) is 10.1. The molecule has 0 rings (SSSR count). The fraction of sp³-hybridized carbons (Fsp3) is 0.636. The largest absolute Gasteiger partial charge is 0.338 e. The minimum absolute atomic E-state index is 0.0452. The number of carbonyl (C=O) groups is 2. The van der Waals surface area contributed by atoms with Gasteiger partial charge in [0.1, 0.15) is 6.29 Å². The van der Waals surface area contributed by atoms with E-state index in [1.165, 1.54) is 12.2 Å². The van der Waals surface area contributed by atoms with Gasteiger partial charge in [-0.05, 0) is 12.5 Å². The van der Waals surface area contributed by atoms with Crippen LogP contribution in [0.15, 0.2) is 12.2 Å². The summed E-state index contributed by atoms with van der Waals surface area (Å²) in [5, 5.41) is 0. The van der Waals surface area contributed by atoms with Gasteiger partial charge in [-0.25, -0.2) is 0 Å². The van der Waals surface area contributed by atoms with Crippen molar-refractivity contribution in [2.45, 2.75) is 33.2 Å². The third-order valence-electron chi connectivity index (χ3n) is 1.96. The normalized spacial score (nSPS) is 11.5. The van der Waals surface area contributed by atoms with Crippen molar-refractivity contribution in [1.29, 1.82) is 0 Å². The summed E-state index contributed by atoms with van der Waals surface area (Å²) < 4.78 is 0. The smallest absolute Gasteiger partial charge is 0.246 e. The zero-order valence-corrected chi connectivity index (χ0v) is 10.1. The van der Waals surface area contributed by atoms with E-state index < -0.39 is 0 Å². The second-order valence-electron chi connectivity index (χ2n) is 2.74. The maximum Gasteiger partial charge on any atom is 0.246 e. The van der Waals surface area contributed by atoms with Gasteiger partial charge in [0.25, 0.3) is 0 Å². The molecule has 0 aromatic rings. The molecule has 88 valence electrons. The van der Waals surface area contributed by atoms with E-state index in [1.54, 1.807) is 11.9 Å². The first-order valence-electron chi connectivity index (χ1n) is 5.26. The van der Waals surface area contributed by atoms with Crippen LogP contribution < -0.4 is 5.73 Å². The lowest BCUT2D eigenvalue weighted by atomic mass is 10.2. The number of likely N-dealkylation sites (N-methyl/N-ethyl adjacent to an activating group) is 1. The quantitative estimate of drug-likeness (QED) is 0.547. The summed E-state index contributed by atoms with van der Waals surface area (Å²) in [4.78, 5) is 22.8. The third kappa shape index (κ3) is 6.85. The molecule has 15 heavy (non-hydrogen) atoms. The Morgan fingerprint density at radius 1 is 1.47 bits per heavy atom. The molecule has 0 aliphatic carbocycles. The average Bonchev–Trinajstić information content (AvgIpc) is 2.30. The number of nitrogens with zero attached hydrogens (tertiary/aromatic N) is 1. The summed E-state index contributed by atoms with van der Waals surface area (Å²) in [7, 11) is 1.68. The molecule has 0 aromatic carbocycles. The lowest BCUT2D eigenvalue weighted by Crippen LogP contribution is -2.40. The molecule has 0 heterocycles. The van der Waals surface area contributed by atoms with E-state index >= 15 is 0 Å². The molecule has 4 heteroatoms. The van der Waals surface area contributed by atoms with Gasteiger partial charge in [0.05, 0.1) is 0 Å². The Morgan fingerprint density at radius 3 is 2.33 bits per heavy atom. The Labute approximate surface area is 92.1 Å². The van der Waals surface area contributed by atoms with E-state index in [0.29, 0.717) is 12.8 Å². The van der Waals surface area contributed by atoms with Crippen LogP contribution in [0.3, 0.4) is 0 Å². The Morgan fingerprint density at radius 2 is 2.00 bits per heavy atom. The first kappa shape index (κ1) is 16.3. The SMILES string of the molecule is CC.CCC(CN)N(C)C(=O)/C=C\C=O. The Balaban J connectivity index is 0. The Kier molecular flexibility index (Phi) is 11.8. The summed E-state index contributed by atoms with van der Waals surface area (Å²) in [6.07, 6.45) is 3.82. The van der Waals surface area contributed by atoms with Crippen molar-refractivity contribution in [2.24, 2.45) is 5.73 Å². The molecule has 0 bridgehead atoms. The van der Waals surface area contributed by atoms with E-state index in [1.807, 2.05) is 20.8 Å². The van der Waals surface area contributed by atoms with Crippen molar-refractivity contribution < 1.29 is 9.59 Å². The van der Waals surface area contributed by atoms with Gasteiger partial charge in [0.2, 0.25) is 5.91 Å². The van der Waals surface area contributed by atoms with Crippen molar-refractivity contribution in [3.63, 3.8) is 0 Å². The highest BCUT2D eigenvalue weighted by molar-refractivity contribution is 5.90. The molecule has 2 N–H and O–H groups in total. The first-order chi connectivity index (χ1) is 7.17. The van der Waals surface area contributed by atoms with Crippen molar-refractivity contribution in [2.75, 3.05) is 13.6 Å². The molecule has 0 aromatic heterocycles. The topological polar surface area (TPSA) is 63.4 Å². The van der Waals surface area contributed by atoms with Crippen LogP contribution in [0.4, 0.5) is 0 Å². The zero-order chi connectivity index (χ0) is 12.3. The molecule has 1 amide bonds. The summed E-state index contributed by atoms with van der Waals surface area (Å²) in [6, 6.07) is 0.0452. The maximum absolute atomic E-state index is 11.3. The molecule has 1 atom stereocenters. The number of hydrogen-bond acceptors (Lipinski definition) is 3. The highest BCUT2D eigenvalue weighted by Gasteiger charge is 2.13. The fourth-order valence-electron chi connectivity index (χ4n) is 1.02. The molecule has 0 aliphatic rings.